The van der Waals surface area contributed by atoms with Crippen LogP contribution in [0, 0.1) is 5.92 Å². The van der Waals surface area contributed by atoms with E-state index in [0.29, 0.717) is 25.9 Å². The molecule has 0 radical (unpaired) electrons. The third-order valence-electron chi connectivity index (χ3n) is 4.65. The number of anilines is 1. The van der Waals surface area contributed by atoms with Crippen LogP contribution in [-0.4, -0.2) is 41.9 Å². The van der Waals surface area contributed by atoms with Gasteiger partial charge in [0.05, 0.1) is 0 Å². The Bertz CT molecular complexity index is 533. The minimum Gasteiger partial charge on any atom is -0.384 e. The highest BCUT2D eigenvalue weighted by molar-refractivity contribution is 5.61. The summed E-state index contributed by atoms with van der Waals surface area (Å²) in [4.78, 5) is 2.03. The average molecular weight is 314 g/mol. The lowest BCUT2D eigenvalue weighted by Gasteiger charge is -2.35. The van der Waals surface area contributed by atoms with Crippen LogP contribution in [0.5, 0.6) is 0 Å². The second-order valence-corrected chi connectivity index (χ2v) is 6.25. The smallest absolute Gasteiger partial charge is 0.384 e. The van der Waals surface area contributed by atoms with Gasteiger partial charge in [-0.15, -0.1) is 0 Å². The standard InChI is InChI=1S/C16H21F3N2O/c17-16(18,19)15(22)13-5-2-8-21(10-13)9-12-4-1-3-11-6-7-20-14(11)12/h1,3-4,13,15,20,22H,2,5-10H2. The molecule has 122 valence electrons. The normalized spacial score (nSPS) is 23.9. The van der Waals surface area contributed by atoms with Gasteiger partial charge in [-0.25, -0.2) is 0 Å². The van der Waals surface area contributed by atoms with E-state index >= 15 is 0 Å². The van der Waals surface area contributed by atoms with Crippen molar-refractivity contribution in [3.63, 3.8) is 0 Å². The zero-order valence-electron chi connectivity index (χ0n) is 12.4. The van der Waals surface area contributed by atoms with E-state index in [1.165, 1.54) is 5.56 Å². The molecule has 0 amide bonds. The molecule has 2 aliphatic rings. The summed E-state index contributed by atoms with van der Waals surface area (Å²) in [5.74, 6) is -0.724. The maximum absolute atomic E-state index is 12.7. The number of fused-ring (bicyclic) bond motifs is 1. The van der Waals surface area contributed by atoms with Crippen molar-refractivity contribution in [3.8, 4) is 0 Å². The third kappa shape index (κ3) is 3.22. The van der Waals surface area contributed by atoms with Gasteiger partial charge in [-0.05, 0) is 36.9 Å². The van der Waals surface area contributed by atoms with Gasteiger partial charge in [-0.3, -0.25) is 4.90 Å². The van der Waals surface area contributed by atoms with E-state index in [2.05, 4.69) is 11.4 Å². The highest BCUT2D eigenvalue weighted by Crippen LogP contribution is 2.33. The van der Waals surface area contributed by atoms with Crippen molar-refractivity contribution in [2.45, 2.75) is 38.1 Å². The highest BCUT2D eigenvalue weighted by atomic mass is 19.4. The monoisotopic (exact) mass is 314 g/mol. The number of hydrogen-bond acceptors (Lipinski definition) is 3. The molecule has 22 heavy (non-hydrogen) atoms. The second kappa shape index (κ2) is 6.08. The maximum Gasteiger partial charge on any atom is 0.414 e. The average Bonchev–Trinajstić information content (AvgIpc) is 2.95. The number of hydrogen-bond donors (Lipinski definition) is 2. The first-order valence-electron chi connectivity index (χ1n) is 7.77. The van der Waals surface area contributed by atoms with E-state index in [-0.39, 0.29) is 0 Å². The molecule has 1 saturated heterocycles. The first-order chi connectivity index (χ1) is 10.4. The minimum atomic E-state index is -4.52. The molecule has 2 atom stereocenters. The Morgan fingerprint density at radius 3 is 2.95 bits per heavy atom. The number of alkyl halides is 3. The fourth-order valence-electron chi connectivity index (χ4n) is 3.54. The minimum absolute atomic E-state index is 0.296. The highest BCUT2D eigenvalue weighted by Gasteiger charge is 2.44. The van der Waals surface area contributed by atoms with Crippen molar-refractivity contribution in [2.24, 2.45) is 5.92 Å². The van der Waals surface area contributed by atoms with Gasteiger partial charge in [-0.2, -0.15) is 13.2 Å². The van der Waals surface area contributed by atoms with Crippen LogP contribution in [0.15, 0.2) is 18.2 Å². The van der Waals surface area contributed by atoms with Gasteiger partial charge in [0.15, 0.2) is 6.10 Å². The number of nitrogens with one attached hydrogen (secondary N) is 1. The van der Waals surface area contributed by atoms with Crippen molar-refractivity contribution in [1.29, 1.82) is 0 Å². The summed E-state index contributed by atoms with van der Waals surface area (Å²) < 4.78 is 38.1. The molecule has 2 unspecified atom stereocenters. The van der Waals surface area contributed by atoms with Gasteiger partial charge >= 0.3 is 6.18 Å². The van der Waals surface area contributed by atoms with Crippen LogP contribution in [0.3, 0.4) is 0 Å². The first kappa shape index (κ1) is 15.6. The van der Waals surface area contributed by atoms with E-state index in [0.717, 1.165) is 30.8 Å². The Kier molecular flexibility index (Phi) is 4.32. The number of benzene rings is 1. The fraction of sp³-hybridized carbons (Fsp3) is 0.625. The number of rotatable bonds is 3. The van der Waals surface area contributed by atoms with Crippen molar-refractivity contribution < 1.29 is 18.3 Å². The van der Waals surface area contributed by atoms with Crippen LogP contribution in [0.4, 0.5) is 18.9 Å². The van der Waals surface area contributed by atoms with Gasteiger partial charge in [0.25, 0.3) is 0 Å². The lowest BCUT2D eigenvalue weighted by atomic mass is 9.91. The van der Waals surface area contributed by atoms with Crippen LogP contribution >= 0.6 is 0 Å². The molecule has 3 nitrogen and oxygen atoms in total. The number of para-hydroxylation sites is 1. The van der Waals surface area contributed by atoms with Gasteiger partial charge in [0, 0.05) is 31.2 Å². The lowest BCUT2D eigenvalue weighted by molar-refractivity contribution is -0.223. The molecule has 6 heteroatoms. The number of likely N-dealkylation sites (tertiary alicyclic amines) is 1. The Labute approximate surface area is 128 Å². The van der Waals surface area contributed by atoms with Crippen LogP contribution in [-0.2, 0) is 13.0 Å². The van der Waals surface area contributed by atoms with Gasteiger partial charge in [0.1, 0.15) is 0 Å². The van der Waals surface area contributed by atoms with E-state index in [4.69, 9.17) is 0 Å². The number of piperidine rings is 1. The predicted molar refractivity (Wildman–Crippen MR) is 78.7 cm³/mol. The number of aliphatic hydroxyl groups is 1. The molecule has 0 saturated carbocycles. The molecule has 0 aromatic heterocycles. The molecule has 0 bridgehead atoms. The van der Waals surface area contributed by atoms with Crippen LogP contribution in [0.25, 0.3) is 0 Å². The summed E-state index contributed by atoms with van der Waals surface area (Å²) in [5, 5.41) is 12.8. The van der Waals surface area contributed by atoms with E-state index in [1.807, 2.05) is 17.0 Å². The molecule has 3 rings (SSSR count). The van der Waals surface area contributed by atoms with Crippen LogP contribution in [0.2, 0.25) is 0 Å². The molecule has 0 spiro atoms. The van der Waals surface area contributed by atoms with Crippen LogP contribution in [0.1, 0.15) is 24.0 Å². The van der Waals surface area contributed by atoms with Crippen molar-refractivity contribution in [1.82, 2.24) is 4.90 Å². The molecule has 2 N–H and O–H groups in total. The first-order valence-corrected chi connectivity index (χ1v) is 7.77. The van der Waals surface area contributed by atoms with Gasteiger partial charge in [-0.1, -0.05) is 18.2 Å². The molecule has 1 aromatic carbocycles. The maximum atomic E-state index is 12.7. The molecule has 2 heterocycles. The summed E-state index contributed by atoms with van der Waals surface area (Å²) in [6.45, 7) is 2.63. The molecular formula is C16H21F3N2O. The number of aliphatic hydroxyl groups excluding tert-OH is 1. The summed E-state index contributed by atoms with van der Waals surface area (Å²) in [5.41, 5.74) is 3.56. The van der Waals surface area contributed by atoms with Gasteiger partial charge < -0.3 is 10.4 Å². The van der Waals surface area contributed by atoms with Crippen molar-refractivity contribution >= 4 is 5.69 Å². The summed E-state index contributed by atoms with van der Waals surface area (Å²) >= 11 is 0. The van der Waals surface area contributed by atoms with Crippen molar-refractivity contribution in [3.05, 3.63) is 29.3 Å². The summed E-state index contributed by atoms with van der Waals surface area (Å²) in [6.07, 6.45) is -4.61. The van der Waals surface area contributed by atoms with Crippen molar-refractivity contribution in [2.75, 3.05) is 25.0 Å². The lowest BCUT2D eigenvalue weighted by Crippen LogP contribution is -2.45. The molecule has 1 aromatic rings. The Morgan fingerprint density at radius 1 is 1.36 bits per heavy atom. The summed E-state index contributed by atoms with van der Waals surface area (Å²) in [6, 6.07) is 6.12. The van der Waals surface area contributed by atoms with E-state index in [9.17, 15) is 18.3 Å². The topological polar surface area (TPSA) is 35.5 Å². The quantitative estimate of drug-likeness (QED) is 0.900. The number of halogens is 3. The molecule has 0 aliphatic carbocycles. The summed E-state index contributed by atoms with van der Waals surface area (Å²) in [7, 11) is 0. The van der Waals surface area contributed by atoms with Gasteiger partial charge in [0.2, 0.25) is 0 Å². The number of nitrogens with zero attached hydrogens (tertiary/aromatic N) is 1. The molecule has 1 fully saturated rings. The van der Waals surface area contributed by atoms with Crippen LogP contribution < -0.4 is 5.32 Å². The zero-order valence-corrected chi connectivity index (χ0v) is 12.4. The van der Waals surface area contributed by atoms with E-state index < -0.39 is 18.2 Å². The third-order valence-corrected chi connectivity index (χ3v) is 4.65. The Balaban J connectivity index is 1.67. The largest absolute Gasteiger partial charge is 0.414 e. The fourth-order valence-corrected chi connectivity index (χ4v) is 3.54. The predicted octanol–water partition coefficient (Wildman–Crippen LogP) is 2.79. The second-order valence-electron chi connectivity index (χ2n) is 6.25. The Morgan fingerprint density at radius 2 is 2.18 bits per heavy atom. The SMILES string of the molecule is OC(C1CCCN(Cc2cccc3c2NCC3)C1)C(F)(F)F. The molecule has 2 aliphatic heterocycles. The Hall–Kier alpha value is -1.27. The van der Waals surface area contributed by atoms with E-state index in [1.54, 1.807) is 0 Å². The zero-order chi connectivity index (χ0) is 15.7. The molecular weight excluding hydrogens is 293 g/mol.